The molecule has 19 heavy (non-hydrogen) atoms. The summed E-state index contributed by atoms with van der Waals surface area (Å²) in [5.74, 6) is 1.58. The van der Waals surface area contributed by atoms with Gasteiger partial charge in [-0.25, -0.2) is 0 Å². The summed E-state index contributed by atoms with van der Waals surface area (Å²) < 4.78 is 12.0. The molecular weight excluding hydrogens is 395 g/mol. The molecule has 0 radical (unpaired) electrons. The average Bonchev–Trinajstić information content (AvgIpc) is 2.39. The molecule has 1 aromatic carbocycles. The van der Waals surface area contributed by atoms with Crippen molar-refractivity contribution >= 4 is 43.5 Å². The van der Waals surface area contributed by atoms with Crippen molar-refractivity contribution in [2.24, 2.45) is 0 Å². The Labute approximate surface area is 136 Å². The molecule has 0 amide bonds. The van der Waals surface area contributed by atoms with Crippen molar-refractivity contribution in [3.8, 4) is 11.5 Å². The fraction of sp³-hybridized carbons (Fsp3) is 0.429. The number of ether oxygens (including phenoxy) is 2. The standard InChI is InChI=1S/C14H17Br2ClO2/c1-4-9-8-11(19-7-6-12(15)16)13(17)10(5-2)14(9)18-3/h6,8H,4-5,7H2,1-3H3. The first-order valence-corrected chi connectivity index (χ1v) is 8.03. The minimum absolute atomic E-state index is 0.449. The van der Waals surface area contributed by atoms with Crippen molar-refractivity contribution in [3.05, 3.63) is 31.7 Å². The summed E-state index contributed by atoms with van der Waals surface area (Å²) >= 11 is 13.0. The van der Waals surface area contributed by atoms with E-state index in [1.54, 1.807) is 7.11 Å². The van der Waals surface area contributed by atoms with E-state index in [9.17, 15) is 0 Å². The Morgan fingerprint density at radius 3 is 2.47 bits per heavy atom. The van der Waals surface area contributed by atoms with E-state index in [2.05, 4.69) is 45.7 Å². The van der Waals surface area contributed by atoms with Gasteiger partial charge in [0.05, 0.1) is 15.5 Å². The molecule has 0 aliphatic carbocycles. The van der Waals surface area contributed by atoms with E-state index in [0.717, 1.165) is 33.1 Å². The van der Waals surface area contributed by atoms with Crippen molar-refractivity contribution < 1.29 is 9.47 Å². The zero-order valence-electron chi connectivity index (χ0n) is 11.2. The molecule has 1 rings (SSSR count). The molecule has 0 N–H and O–H groups in total. The molecule has 0 heterocycles. The van der Waals surface area contributed by atoms with Crippen molar-refractivity contribution in [2.75, 3.05) is 13.7 Å². The summed E-state index contributed by atoms with van der Waals surface area (Å²) in [6, 6.07) is 1.95. The smallest absolute Gasteiger partial charge is 0.139 e. The lowest BCUT2D eigenvalue weighted by Gasteiger charge is -2.17. The Balaban J connectivity index is 3.15. The normalized spacial score (nSPS) is 10.2. The van der Waals surface area contributed by atoms with E-state index in [1.165, 1.54) is 0 Å². The van der Waals surface area contributed by atoms with Crippen LogP contribution in [0, 0.1) is 0 Å². The Bertz CT molecular complexity index is 469. The summed E-state index contributed by atoms with van der Waals surface area (Å²) in [6.07, 6.45) is 3.56. The van der Waals surface area contributed by atoms with Gasteiger partial charge >= 0.3 is 0 Å². The van der Waals surface area contributed by atoms with Crippen LogP contribution in [0.15, 0.2) is 15.5 Å². The third-order valence-corrected chi connectivity index (χ3v) is 3.83. The molecule has 0 saturated heterocycles. The van der Waals surface area contributed by atoms with Gasteiger partial charge in [0.15, 0.2) is 0 Å². The van der Waals surface area contributed by atoms with Gasteiger partial charge in [-0.1, -0.05) is 25.4 Å². The molecule has 0 saturated carbocycles. The average molecular weight is 413 g/mol. The minimum Gasteiger partial charge on any atom is -0.496 e. The van der Waals surface area contributed by atoms with E-state index in [1.807, 2.05) is 12.1 Å². The Morgan fingerprint density at radius 2 is 2.00 bits per heavy atom. The maximum Gasteiger partial charge on any atom is 0.139 e. The topological polar surface area (TPSA) is 18.5 Å². The molecule has 5 heteroatoms. The van der Waals surface area contributed by atoms with Gasteiger partial charge in [-0.05, 0) is 62.4 Å². The highest BCUT2D eigenvalue weighted by Gasteiger charge is 2.16. The molecule has 106 valence electrons. The summed E-state index contributed by atoms with van der Waals surface area (Å²) in [5, 5.41) is 0.635. The quantitative estimate of drug-likeness (QED) is 0.616. The van der Waals surface area contributed by atoms with Gasteiger partial charge in [0.1, 0.15) is 18.1 Å². The van der Waals surface area contributed by atoms with Gasteiger partial charge in [-0.2, -0.15) is 0 Å². The first-order valence-electron chi connectivity index (χ1n) is 6.07. The fourth-order valence-corrected chi connectivity index (χ4v) is 2.45. The second-order valence-electron chi connectivity index (χ2n) is 3.87. The van der Waals surface area contributed by atoms with Crippen LogP contribution in [0.1, 0.15) is 25.0 Å². The zero-order valence-corrected chi connectivity index (χ0v) is 15.2. The number of hydrogen-bond donors (Lipinski definition) is 0. The van der Waals surface area contributed by atoms with Crippen LogP contribution < -0.4 is 9.47 Å². The lowest BCUT2D eigenvalue weighted by molar-refractivity contribution is 0.359. The highest BCUT2D eigenvalue weighted by Crippen LogP contribution is 2.38. The number of aryl methyl sites for hydroxylation is 1. The second kappa shape index (κ2) is 8.18. The fourth-order valence-electron chi connectivity index (χ4n) is 1.86. The first kappa shape index (κ1) is 16.9. The number of hydrogen-bond acceptors (Lipinski definition) is 2. The van der Waals surface area contributed by atoms with Crippen LogP contribution in [0.5, 0.6) is 11.5 Å². The Kier molecular flexibility index (Phi) is 7.26. The van der Waals surface area contributed by atoms with Gasteiger partial charge in [-0.15, -0.1) is 0 Å². The lowest BCUT2D eigenvalue weighted by Crippen LogP contribution is -2.02. The highest BCUT2D eigenvalue weighted by molar-refractivity contribution is 9.28. The Morgan fingerprint density at radius 1 is 1.32 bits per heavy atom. The van der Waals surface area contributed by atoms with Crippen molar-refractivity contribution in [3.63, 3.8) is 0 Å². The SMILES string of the molecule is CCc1cc(OCC=C(Br)Br)c(Cl)c(CC)c1OC. The van der Waals surface area contributed by atoms with E-state index >= 15 is 0 Å². The zero-order chi connectivity index (χ0) is 14.4. The third-order valence-electron chi connectivity index (χ3n) is 2.77. The van der Waals surface area contributed by atoms with Crippen molar-refractivity contribution in [2.45, 2.75) is 26.7 Å². The molecule has 0 bridgehead atoms. The van der Waals surface area contributed by atoms with Crippen LogP contribution in [-0.2, 0) is 12.8 Å². The number of methoxy groups -OCH3 is 1. The van der Waals surface area contributed by atoms with E-state index < -0.39 is 0 Å². The lowest BCUT2D eigenvalue weighted by atomic mass is 10.0. The van der Waals surface area contributed by atoms with Gasteiger partial charge in [0.25, 0.3) is 0 Å². The molecular formula is C14H17Br2ClO2. The summed E-state index contributed by atoms with van der Waals surface area (Å²) in [6.45, 7) is 4.59. The molecule has 0 fully saturated rings. The molecule has 0 spiro atoms. The van der Waals surface area contributed by atoms with Gasteiger partial charge in [0.2, 0.25) is 0 Å². The van der Waals surface area contributed by atoms with E-state index in [0.29, 0.717) is 17.4 Å². The minimum atomic E-state index is 0.449. The maximum atomic E-state index is 6.39. The summed E-state index contributed by atoms with van der Waals surface area (Å²) in [5.41, 5.74) is 2.11. The van der Waals surface area contributed by atoms with Gasteiger partial charge in [-0.3, -0.25) is 0 Å². The monoisotopic (exact) mass is 410 g/mol. The molecule has 0 aliphatic rings. The summed E-state index contributed by atoms with van der Waals surface area (Å²) in [7, 11) is 1.68. The molecule has 0 aliphatic heterocycles. The van der Waals surface area contributed by atoms with Crippen molar-refractivity contribution in [1.29, 1.82) is 0 Å². The van der Waals surface area contributed by atoms with Crippen LogP contribution in [0.2, 0.25) is 5.02 Å². The van der Waals surface area contributed by atoms with E-state index in [4.69, 9.17) is 21.1 Å². The van der Waals surface area contributed by atoms with Gasteiger partial charge < -0.3 is 9.47 Å². The number of rotatable bonds is 6. The number of halogens is 3. The summed E-state index contributed by atoms with van der Waals surface area (Å²) in [4.78, 5) is 0. The number of benzene rings is 1. The van der Waals surface area contributed by atoms with Crippen LogP contribution in [0.4, 0.5) is 0 Å². The predicted octanol–water partition coefficient (Wildman–Crippen LogP) is 5.48. The molecule has 0 atom stereocenters. The molecule has 2 nitrogen and oxygen atoms in total. The predicted molar refractivity (Wildman–Crippen MR) is 88.2 cm³/mol. The van der Waals surface area contributed by atoms with Crippen LogP contribution in [0.25, 0.3) is 0 Å². The molecule has 0 aromatic heterocycles. The third kappa shape index (κ3) is 4.40. The van der Waals surface area contributed by atoms with Crippen molar-refractivity contribution in [1.82, 2.24) is 0 Å². The molecule has 0 unspecified atom stereocenters. The van der Waals surface area contributed by atoms with Crippen LogP contribution >= 0.6 is 43.5 Å². The molecule has 1 aromatic rings. The van der Waals surface area contributed by atoms with Crippen LogP contribution in [-0.4, -0.2) is 13.7 Å². The maximum absolute atomic E-state index is 6.39. The highest BCUT2D eigenvalue weighted by atomic mass is 79.9. The van der Waals surface area contributed by atoms with E-state index in [-0.39, 0.29) is 0 Å². The largest absolute Gasteiger partial charge is 0.496 e. The second-order valence-corrected chi connectivity index (χ2v) is 7.02. The Hall–Kier alpha value is -0.190. The first-order chi connectivity index (χ1) is 9.04. The van der Waals surface area contributed by atoms with Crippen LogP contribution in [0.3, 0.4) is 0 Å². The van der Waals surface area contributed by atoms with Gasteiger partial charge in [0, 0.05) is 5.56 Å².